The van der Waals surface area contributed by atoms with E-state index in [9.17, 15) is 4.79 Å². The number of hydrogen-bond donors (Lipinski definition) is 1. The van der Waals surface area contributed by atoms with Crippen LogP contribution in [-0.2, 0) is 16.1 Å². The molecule has 5 nitrogen and oxygen atoms in total. The average molecular weight is 426 g/mol. The zero-order chi connectivity index (χ0) is 18.7. The fraction of sp³-hybridized carbons (Fsp3) is 0.286. The molecule has 2 aliphatic heterocycles. The Morgan fingerprint density at radius 3 is 2.44 bits per heavy atom. The highest BCUT2D eigenvalue weighted by Crippen LogP contribution is 2.31. The third-order valence-corrected chi connectivity index (χ3v) is 5.32. The van der Waals surface area contributed by atoms with Crippen molar-refractivity contribution in [2.24, 2.45) is 9.98 Å². The minimum absolute atomic E-state index is 0.223. The summed E-state index contributed by atoms with van der Waals surface area (Å²) in [6.07, 6.45) is 1.56. The fourth-order valence-corrected chi connectivity index (χ4v) is 3.61. The second-order valence-electron chi connectivity index (χ2n) is 6.72. The van der Waals surface area contributed by atoms with Gasteiger partial charge in [0.05, 0.1) is 0 Å². The number of ether oxygens (including phenoxy) is 1. The van der Waals surface area contributed by atoms with Gasteiger partial charge in [0.25, 0.3) is 0 Å². The first-order valence-corrected chi connectivity index (χ1v) is 9.82. The molecule has 0 saturated carbocycles. The Hall–Kier alpha value is -2.31. The standard InChI is InChI=1S/C21H20BrN3O2/c22-17-8-6-16(7-9-17)18-19(25-21(24-18)10-12-23-13-11-21)20(26)27-14-15-4-2-1-3-5-15/h1-9,23H,10-14H2. The predicted octanol–water partition coefficient (Wildman–Crippen LogP) is 3.52. The lowest BCUT2D eigenvalue weighted by atomic mass is 10.0. The maximum absolute atomic E-state index is 12.8. The molecule has 2 aromatic rings. The number of hydrogen-bond acceptors (Lipinski definition) is 5. The van der Waals surface area contributed by atoms with Crippen molar-refractivity contribution >= 4 is 33.3 Å². The molecule has 0 radical (unpaired) electrons. The molecule has 0 unspecified atom stereocenters. The van der Waals surface area contributed by atoms with Crippen LogP contribution in [-0.4, -0.2) is 36.1 Å². The first-order chi connectivity index (χ1) is 13.2. The van der Waals surface area contributed by atoms with E-state index in [0.29, 0.717) is 11.4 Å². The van der Waals surface area contributed by atoms with Gasteiger partial charge in [0, 0.05) is 22.9 Å². The van der Waals surface area contributed by atoms with Gasteiger partial charge in [-0.15, -0.1) is 0 Å². The molecule has 1 saturated heterocycles. The number of piperidine rings is 1. The van der Waals surface area contributed by atoms with Gasteiger partial charge in [-0.3, -0.25) is 4.99 Å². The van der Waals surface area contributed by atoms with E-state index in [-0.39, 0.29) is 6.61 Å². The summed E-state index contributed by atoms with van der Waals surface area (Å²) in [6, 6.07) is 17.4. The molecule has 2 aliphatic rings. The summed E-state index contributed by atoms with van der Waals surface area (Å²) in [7, 11) is 0. The van der Waals surface area contributed by atoms with Crippen LogP contribution in [0.2, 0.25) is 0 Å². The molecule has 0 aliphatic carbocycles. The van der Waals surface area contributed by atoms with Crippen molar-refractivity contribution in [3.05, 3.63) is 70.2 Å². The van der Waals surface area contributed by atoms with Crippen molar-refractivity contribution in [3.63, 3.8) is 0 Å². The molecule has 0 amide bonds. The maximum Gasteiger partial charge on any atom is 0.359 e. The number of carbonyl (C=O) groups is 1. The minimum Gasteiger partial charge on any atom is -0.456 e. The molecule has 138 valence electrons. The largest absolute Gasteiger partial charge is 0.456 e. The Balaban J connectivity index is 1.61. The predicted molar refractivity (Wildman–Crippen MR) is 109 cm³/mol. The zero-order valence-corrected chi connectivity index (χ0v) is 16.4. The van der Waals surface area contributed by atoms with E-state index in [1.54, 1.807) is 0 Å². The van der Waals surface area contributed by atoms with Gasteiger partial charge in [-0.2, -0.15) is 0 Å². The van der Waals surface area contributed by atoms with Crippen LogP contribution < -0.4 is 5.32 Å². The lowest BCUT2D eigenvalue weighted by Gasteiger charge is -2.27. The van der Waals surface area contributed by atoms with E-state index < -0.39 is 11.6 Å². The topological polar surface area (TPSA) is 63.0 Å². The van der Waals surface area contributed by atoms with Crippen LogP contribution in [0, 0.1) is 0 Å². The lowest BCUT2D eigenvalue weighted by Crippen LogP contribution is -2.38. The van der Waals surface area contributed by atoms with E-state index >= 15 is 0 Å². The van der Waals surface area contributed by atoms with Gasteiger partial charge < -0.3 is 10.1 Å². The van der Waals surface area contributed by atoms with Crippen molar-refractivity contribution in [2.45, 2.75) is 25.1 Å². The van der Waals surface area contributed by atoms with Crippen LogP contribution in [0.15, 0.2) is 69.1 Å². The lowest BCUT2D eigenvalue weighted by molar-refractivity contribution is -0.136. The summed E-state index contributed by atoms with van der Waals surface area (Å²) in [4.78, 5) is 22.5. The molecule has 6 heteroatoms. The van der Waals surface area contributed by atoms with Crippen molar-refractivity contribution < 1.29 is 9.53 Å². The Labute approximate surface area is 166 Å². The molecule has 2 aromatic carbocycles. The zero-order valence-electron chi connectivity index (χ0n) is 14.8. The summed E-state index contributed by atoms with van der Waals surface area (Å²) < 4.78 is 6.52. The van der Waals surface area contributed by atoms with Crippen molar-refractivity contribution in [1.29, 1.82) is 0 Å². The molecule has 0 atom stereocenters. The van der Waals surface area contributed by atoms with Gasteiger partial charge in [0.2, 0.25) is 0 Å². The smallest absolute Gasteiger partial charge is 0.359 e. The first kappa shape index (κ1) is 18.1. The number of carbonyl (C=O) groups excluding carboxylic acids is 1. The highest BCUT2D eigenvalue weighted by molar-refractivity contribution is 9.10. The quantitative estimate of drug-likeness (QED) is 0.762. The Kier molecular flexibility index (Phi) is 5.18. The number of nitrogens with zero attached hydrogens (tertiary/aromatic N) is 2. The number of nitrogens with one attached hydrogen (secondary N) is 1. The summed E-state index contributed by atoms with van der Waals surface area (Å²) in [5.74, 6) is -0.420. The van der Waals surface area contributed by atoms with Gasteiger partial charge in [-0.25, -0.2) is 9.79 Å². The second kappa shape index (κ2) is 7.74. The van der Waals surface area contributed by atoms with E-state index in [2.05, 4.69) is 21.2 Å². The molecular formula is C21H20BrN3O2. The van der Waals surface area contributed by atoms with Crippen LogP contribution in [0.1, 0.15) is 24.0 Å². The van der Waals surface area contributed by atoms with Gasteiger partial charge in [-0.05, 0) is 30.8 Å². The van der Waals surface area contributed by atoms with Crippen molar-refractivity contribution in [3.8, 4) is 0 Å². The highest BCUT2D eigenvalue weighted by atomic mass is 79.9. The summed E-state index contributed by atoms with van der Waals surface area (Å²) >= 11 is 3.45. The molecular weight excluding hydrogens is 406 g/mol. The second-order valence-corrected chi connectivity index (χ2v) is 7.64. The van der Waals surface area contributed by atoms with E-state index in [1.165, 1.54) is 0 Å². The molecule has 1 spiro atoms. The van der Waals surface area contributed by atoms with Crippen LogP contribution in [0.25, 0.3) is 0 Å². The average Bonchev–Trinajstić information content (AvgIpc) is 3.07. The number of rotatable bonds is 4. The van der Waals surface area contributed by atoms with Gasteiger partial charge >= 0.3 is 5.97 Å². The molecule has 2 heterocycles. The summed E-state index contributed by atoms with van der Waals surface area (Å²) in [5, 5.41) is 3.33. The van der Waals surface area contributed by atoms with Gasteiger partial charge in [-0.1, -0.05) is 58.4 Å². The third-order valence-electron chi connectivity index (χ3n) is 4.79. The number of halogens is 1. The van der Waals surface area contributed by atoms with Crippen LogP contribution in [0.4, 0.5) is 0 Å². The monoisotopic (exact) mass is 425 g/mol. The number of aliphatic imine (C=N–C) groups is 2. The van der Waals surface area contributed by atoms with Gasteiger partial charge in [0.1, 0.15) is 12.3 Å². The van der Waals surface area contributed by atoms with E-state index in [1.807, 2.05) is 54.6 Å². The number of benzene rings is 2. The SMILES string of the molecule is O=C(OCc1ccccc1)C1=NC2(CCNCC2)N=C1c1ccc(Br)cc1. The normalized spacial score (nSPS) is 18.1. The Bertz CT molecular complexity index is 885. The molecule has 27 heavy (non-hydrogen) atoms. The third kappa shape index (κ3) is 4.01. The maximum atomic E-state index is 12.8. The van der Waals surface area contributed by atoms with Crippen LogP contribution in [0.5, 0.6) is 0 Å². The van der Waals surface area contributed by atoms with E-state index in [0.717, 1.165) is 41.5 Å². The first-order valence-electron chi connectivity index (χ1n) is 9.03. The molecule has 0 aromatic heterocycles. The van der Waals surface area contributed by atoms with Crippen molar-refractivity contribution in [1.82, 2.24) is 5.32 Å². The molecule has 1 N–H and O–H groups in total. The summed E-state index contributed by atoms with van der Waals surface area (Å²) in [6.45, 7) is 1.90. The van der Waals surface area contributed by atoms with Crippen molar-refractivity contribution in [2.75, 3.05) is 13.1 Å². The van der Waals surface area contributed by atoms with Crippen LogP contribution >= 0.6 is 15.9 Å². The Morgan fingerprint density at radius 1 is 1.04 bits per heavy atom. The highest BCUT2D eigenvalue weighted by Gasteiger charge is 2.40. The summed E-state index contributed by atoms with van der Waals surface area (Å²) in [5.41, 5.74) is 2.24. The Morgan fingerprint density at radius 2 is 1.74 bits per heavy atom. The minimum atomic E-state index is -0.547. The molecule has 0 bridgehead atoms. The fourth-order valence-electron chi connectivity index (χ4n) is 3.34. The molecule has 1 fully saturated rings. The number of esters is 1. The van der Waals surface area contributed by atoms with E-state index in [4.69, 9.17) is 14.7 Å². The van der Waals surface area contributed by atoms with Crippen LogP contribution in [0.3, 0.4) is 0 Å². The molecule has 4 rings (SSSR count). The van der Waals surface area contributed by atoms with Gasteiger partial charge in [0.15, 0.2) is 11.4 Å².